The van der Waals surface area contributed by atoms with Gasteiger partial charge >= 0.3 is 0 Å². The zero-order chi connectivity index (χ0) is 19.3. The third-order valence-electron chi connectivity index (χ3n) is 4.43. The maximum Gasteiger partial charge on any atom is 0.225 e. The molecule has 0 spiro atoms. The van der Waals surface area contributed by atoms with Crippen LogP contribution in [0.3, 0.4) is 0 Å². The quantitative estimate of drug-likeness (QED) is 0.478. The number of aryl methyl sites for hydroxylation is 1. The molecule has 0 fully saturated rings. The Morgan fingerprint density at radius 2 is 1.75 bits per heavy atom. The smallest absolute Gasteiger partial charge is 0.225 e. The highest BCUT2D eigenvalue weighted by atomic mass is 19.1. The zero-order valence-corrected chi connectivity index (χ0v) is 15.6. The highest BCUT2D eigenvalue weighted by Crippen LogP contribution is 2.22. The Bertz CT molecular complexity index is 1080. The fourth-order valence-corrected chi connectivity index (χ4v) is 3.00. The fourth-order valence-electron chi connectivity index (χ4n) is 3.00. The molecule has 4 aromatic rings. The van der Waals surface area contributed by atoms with Crippen LogP contribution in [0.25, 0.3) is 10.9 Å². The normalized spacial score (nSPS) is 10.9. The van der Waals surface area contributed by atoms with E-state index in [2.05, 4.69) is 20.6 Å². The molecule has 0 unspecified atom stereocenters. The molecule has 0 radical (unpaired) electrons. The molecule has 0 bridgehead atoms. The Hall–Kier alpha value is -3.41. The van der Waals surface area contributed by atoms with Gasteiger partial charge in [0.25, 0.3) is 0 Å². The molecule has 0 atom stereocenters. The van der Waals surface area contributed by atoms with Gasteiger partial charge < -0.3 is 15.1 Å². The van der Waals surface area contributed by atoms with E-state index >= 15 is 0 Å². The highest BCUT2D eigenvalue weighted by Gasteiger charge is 2.08. The summed E-state index contributed by atoms with van der Waals surface area (Å²) in [5.41, 5.74) is 1.84. The standard InChI is InChI=1S/C22H21FN4O/c1-15-6-11-18(28-15)12-13-24-22-26-20-5-3-2-4-19(20)21(27-22)25-14-16-7-9-17(23)10-8-16/h2-11H,12-14H2,1H3,(H2,24,25,26,27). The van der Waals surface area contributed by atoms with Crippen molar-refractivity contribution in [2.45, 2.75) is 19.9 Å². The molecular formula is C22H21FN4O. The van der Waals surface area contributed by atoms with Gasteiger partial charge in [0, 0.05) is 24.9 Å². The number of nitrogens with one attached hydrogen (secondary N) is 2. The van der Waals surface area contributed by atoms with Gasteiger partial charge in [-0.05, 0) is 48.9 Å². The molecule has 0 aliphatic carbocycles. The maximum absolute atomic E-state index is 13.1. The highest BCUT2D eigenvalue weighted by molar-refractivity contribution is 5.90. The lowest BCUT2D eigenvalue weighted by atomic mass is 10.2. The molecule has 2 aromatic carbocycles. The molecule has 28 heavy (non-hydrogen) atoms. The summed E-state index contributed by atoms with van der Waals surface area (Å²) in [6.45, 7) is 3.15. The first-order valence-electron chi connectivity index (χ1n) is 9.22. The van der Waals surface area contributed by atoms with Crippen LogP contribution in [0.1, 0.15) is 17.1 Å². The van der Waals surface area contributed by atoms with E-state index in [-0.39, 0.29) is 5.82 Å². The molecule has 2 heterocycles. The van der Waals surface area contributed by atoms with Crippen molar-refractivity contribution >= 4 is 22.7 Å². The number of aromatic nitrogens is 2. The van der Waals surface area contributed by atoms with Gasteiger partial charge in [-0.25, -0.2) is 9.37 Å². The van der Waals surface area contributed by atoms with Gasteiger partial charge in [-0.1, -0.05) is 24.3 Å². The number of hydrogen-bond donors (Lipinski definition) is 2. The number of rotatable bonds is 7. The van der Waals surface area contributed by atoms with Crippen LogP contribution in [0.2, 0.25) is 0 Å². The van der Waals surface area contributed by atoms with Gasteiger partial charge in [0.15, 0.2) is 0 Å². The molecular weight excluding hydrogens is 355 g/mol. The third kappa shape index (κ3) is 4.28. The Morgan fingerprint density at radius 1 is 0.929 bits per heavy atom. The van der Waals surface area contributed by atoms with Crippen molar-refractivity contribution in [1.29, 1.82) is 0 Å². The monoisotopic (exact) mass is 376 g/mol. The van der Waals surface area contributed by atoms with Gasteiger partial charge in [0.2, 0.25) is 5.95 Å². The summed E-state index contributed by atoms with van der Waals surface area (Å²) < 4.78 is 18.7. The molecule has 5 nitrogen and oxygen atoms in total. The first-order chi connectivity index (χ1) is 13.7. The van der Waals surface area contributed by atoms with Crippen LogP contribution < -0.4 is 10.6 Å². The summed E-state index contributed by atoms with van der Waals surface area (Å²) in [6, 6.07) is 18.2. The zero-order valence-electron chi connectivity index (χ0n) is 15.6. The van der Waals surface area contributed by atoms with Gasteiger partial charge in [-0.2, -0.15) is 4.98 Å². The second kappa shape index (κ2) is 8.08. The largest absolute Gasteiger partial charge is 0.466 e. The number of halogens is 1. The van der Waals surface area contributed by atoms with E-state index in [1.165, 1.54) is 12.1 Å². The minimum Gasteiger partial charge on any atom is -0.466 e. The van der Waals surface area contributed by atoms with Crippen LogP contribution >= 0.6 is 0 Å². The van der Waals surface area contributed by atoms with Crippen LogP contribution in [0.4, 0.5) is 16.2 Å². The SMILES string of the molecule is Cc1ccc(CCNc2nc(NCc3ccc(F)cc3)c3ccccc3n2)o1. The minimum atomic E-state index is -0.241. The van der Waals surface area contributed by atoms with Crippen LogP contribution in [0, 0.1) is 12.7 Å². The lowest BCUT2D eigenvalue weighted by molar-refractivity contribution is 0.486. The van der Waals surface area contributed by atoms with Crippen molar-refractivity contribution in [2.75, 3.05) is 17.2 Å². The summed E-state index contributed by atoms with van der Waals surface area (Å²) >= 11 is 0. The first kappa shape index (κ1) is 18.0. The van der Waals surface area contributed by atoms with Gasteiger partial charge in [-0.3, -0.25) is 0 Å². The molecule has 2 aromatic heterocycles. The van der Waals surface area contributed by atoms with Crippen molar-refractivity contribution in [1.82, 2.24) is 9.97 Å². The predicted octanol–water partition coefficient (Wildman–Crippen LogP) is 4.94. The number of furan rings is 1. The summed E-state index contributed by atoms with van der Waals surface area (Å²) in [5, 5.41) is 7.55. The number of nitrogens with zero attached hydrogens (tertiary/aromatic N) is 2. The summed E-state index contributed by atoms with van der Waals surface area (Å²) in [5.74, 6) is 2.90. The lowest BCUT2D eigenvalue weighted by Gasteiger charge is -2.12. The Balaban J connectivity index is 1.50. The predicted molar refractivity (Wildman–Crippen MR) is 109 cm³/mol. The molecule has 0 saturated heterocycles. The number of benzene rings is 2. The van der Waals surface area contributed by atoms with E-state index in [0.717, 1.165) is 40.2 Å². The Morgan fingerprint density at radius 3 is 2.54 bits per heavy atom. The van der Waals surface area contributed by atoms with Crippen molar-refractivity contribution in [3.63, 3.8) is 0 Å². The second-order valence-corrected chi connectivity index (χ2v) is 6.58. The average molecular weight is 376 g/mol. The van der Waals surface area contributed by atoms with Gasteiger partial charge in [0.05, 0.1) is 5.52 Å². The van der Waals surface area contributed by atoms with E-state index < -0.39 is 0 Å². The molecule has 2 N–H and O–H groups in total. The number of fused-ring (bicyclic) bond motifs is 1. The molecule has 0 amide bonds. The molecule has 0 saturated carbocycles. The topological polar surface area (TPSA) is 63.0 Å². The van der Waals surface area contributed by atoms with E-state index in [1.54, 1.807) is 12.1 Å². The number of anilines is 2. The fraction of sp³-hybridized carbons (Fsp3) is 0.182. The van der Waals surface area contributed by atoms with E-state index in [4.69, 9.17) is 4.42 Å². The molecule has 0 aliphatic heterocycles. The van der Waals surface area contributed by atoms with Crippen molar-refractivity contribution in [3.05, 3.63) is 83.6 Å². The van der Waals surface area contributed by atoms with Gasteiger partial charge in [0.1, 0.15) is 23.2 Å². The summed E-state index contributed by atoms with van der Waals surface area (Å²) in [7, 11) is 0. The number of hydrogen-bond acceptors (Lipinski definition) is 5. The van der Waals surface area contributed by atoms with E-state index in [1.807, 2.05) is 43.3 Å². The average Bonchev–Trinajstić information content (AvgIpc) is 3.12. The van der Waals surface area contributed by atoms with Crippen molar-refractivity contribution < 1.29 is 8.81 Å². The summed E-state index contributed by atoms with van der Waals surface area (Å²) in [6.07, 6.45) is 0.752. The van der Waals surface area contributed by atoms with Crippen molar-refractivity contribution in [3.8, 4) is 0 Å². The van der Waals surface area contributed by atoms with E-state index in [0.29, 0.717) is 19.0 Å². The van der Waals surface area contributed by atoms with Crippen LogP contribution in [-0.2, 0) is 13.0 Å². The minimum absolute atomic E-state index is 0.241. The first-order valence-corrected chi connectivity index (χ1v) is 9.22. The second-order valence-electron chi connectivity index (χ2n) is 6.58. The lowest BCUT2D eigenvalue weighted by Crippen LogP contribution is -2.10. The molecule has 0 aliphatic rings. The molecule has 142 valence electrons. The van der Waals surface area contributed by atoms with E-state index in [9.17, 15) is 4.39 Å². The third-order valence-corrected chi connectivity index (χ3v) is 4.43. The molecule has 4 rings (SSSR count). The van der Waals surface area contributed by atoms with Gasteiger partial charge in [-0.15, -0.1) is 0 Å². The summed E-state index contributed by atoms with van der Waals surface area (Å²) in [4.78, 5) is 9.23. The Labute approximate surface area is 162 Å². The number of para-hydroxylation sites is 1. The maximum atomic E-state index is 13.1. The van der Waals surface area contributed by atoms with Crippen molar-refractivity contribution in [2.24, 2.45) is 0 Å². The van der Waals surface area contributed by atoms with Crippen LogP contribution in [-0.4, -0.2) is 16.5 Å². The Kier molecular flexibility index (Phi) is 5.19. The van der Waals surface area contributed by atoms with Crippen LogP contribution in [0.5, 0.6) is 0 Å². The molecule has 6 heteroatoms. The van der Waals surface area contributed by atoms with Crippen LogP contribution in [0.15, 0.2) is 65.1 Å².